The van der Waals surface area contributed by atoms with Crippen LogP contribution >= 0.6 is 11.3 Å². The summed E-state index contributed by atoms with van der Waals surface area (Å²) in [5.74, 6) is 0.222. The normalized spacial score (nSPS) is 13.9. The smallest absolute Gasteiger partial charge is 0.355 e. The lowest BCUT2D eigenvalue weighted by Crippen LogP contribution is -2.18. The number of carbonyl (C=O) groups is 1. The lowest BCUT2D eigenvalue weighted by molar-refractivity contribution is 0.0518. The van der Waals surface area contributed by atoms with Gasteiger partial charge in [-0.25, -0.2) is 4.79 Å². The Morgan fingerprint density at radius 3 is 3.21 bits per heavy atom. The highest BCUT2D eigenvalue weighted by Crippen LogP contribution is 2.36. The number of aromatic amines is 1. The fourth-order valence-corrected chi connectivity index (χ4v) is 3.24. The van der Waals surface area contributed by atoms with Crippen LogP contribution in [0, 0.1) is 0 Å². The van der Waals surface area contributed by atoms with Crippen molar-refractivity contribution < 1.29 is 14.3 Å². The number of carbonyl (C=O) groups excluding carboxylic acids is 1. The molecule has 2 aromatic heterocycles. The summed E-state index contributed by atoms with van der Waals surface area (Å²) in [7, 11) is 0. The number of hydrogen-bond donors (Lipinski definition) is 1. The van der Waals surface area contributed by atoms with Gasteiger partial charge in [-0.3, -0.25) is 4.79 Å². The first kappa shape index (κ1) is 12.2. The predicted octanol–water partition coefficient (Wildman–Crippen LogP) is 2.09. The molecule has 3 heterocycles. The van der Waals surface area contributed by atoms with Gasteiger partial charge in [0.05, 0.1) is 13.2 Å². The summed E-state index contributed by atoms with van der Waals surface area (Å²) < 4.78 is 11.2. The zero-order chi connectivity index (χ0) is 13.4. The maximum Gasteiger partial charge on any atom is 0.355 e. The van der Waals surface area contributed by atoms with E-state index in [1.807, 2.05) is 5.38 Å². The number of aromatic nitrogens is 1. The van der Waals surface area contributed by atoms with Gasteiger partial charge in [0.1, 0.15) is 16.1 Å². The van der Waals surface area contributed by atoms with E-state index in [1.165, 1.54) is 11.3 Å². The molecule has 0 fully saturated rings. The van der Waals surface area contributed by atoms with Crippen LogP contribution in [-0.2, 0) is 11.2 Å². The van der Waals surface area contributed by atoms with Crippen molar-refractivity contribution in [2.24, 2.45) is 0 Å². The fourth-order valence-electron chi connectivity index (χ4n) is 2.33. The van der Waals surface area contributed by atoms with E-state index in [0.717, 1.165) is 17.4 Å². The highest BCUT2D eigenvalue weighted by molar-refractivity contribution is 7.17. The van der Waals surface area contributed by atoms with Crippen molar-refractivity contribution in [1.82, 2.24) is 4.98 Å². The number of H-pyrrole nitrogens is 1. The van der Waals surface area contributed by atoms with E-state index in [-0.39, 0.29) is 17.9 Å². The summed E-state index contributed by atoms with van der Waals surface area (Å²) >= 11 is 1.34. The molecule has 1 aliphatic rings. The number of thiophene rings is 1. The highest BCUT2D eigenvalue weighted by atomic mass is 32.1. The first-order chi connectivity index (χ1) is 9.22. The van der Waals surface area contributed by atoms with Gasteiger partial charge in [0.25, 0.3) is 5.56 Å². The van der Waals surface area contributed by atoms with Crippen LogP contribution in [0.2, 0.25) is 0 Å². The zero-order valence-electron chi connectivity index (χ0n) is 10.4. The lowest BCUT2D eigenvalue weighted by Gasteiger charge is -2.08. The Labute approximate surface area is 113 Å². The van der Waals surface area contributed by atoms with E-state index < -0.39 is 5.97 Å². The second kappa shape index (κ2) is 4.70. The Balaban J connectivity index is 2.30. The second-order valence-electron chi connectivity index (χ2n) is 4.28. The first-order valence-electron chi connectivity index (χ1n) is 6.18. The molecule has 5 nitrogen and oxygen atoms in total. The molecule has 1 aliphatic heterocycles. The van der Waals surface area contributed by atoms with Crippen LogP contribution in [0.15, 0.2) is 10.2 Å². The van der Waals surface area contributed by atoms with Crippen LogP contribution in [0.3, 0.4) is 0 Å². The Hall–Kier alpha value is -1.82. The molecule has 0 bridgehead atoms. The van der Waals surface area contributed by atoms with Crippen LogP contribution in [0.4, 0.5) is 0 Å². The lowest BCUT2D eigenvalue weighted by atomic mass is 10.0. The van der Waals surface area contributed by atoms with Gasteiger partial charge in [0, 0.05) is 10.8 Å². The Bertz CT molecular complexity index is 700. The molecular formula is C13H13NO4S. The number of nitrogens with one attached hydrogen (secondary N) is 1. The highest BCUT2D eigenvalue weighted by Gasteiger charge is 2.23. The summed E-state index contributed by atoms with van der Waals surface area (Å²) in [6, 6.07) is 0. The number of pyridine rings is 1. The molecule has 6 heteroatoms. The van der Waals surface area contributed by atoms with Crippen molar-refractivity contribution in [3.63, 3.8) is 0 Å². The molecule has 2 aromatic rings. The van der Waals surface area contributed by atoms with E-state index in [1.54, 1.807) is 6.92 Å². The number of rotatable bonds is 2. The monoisotopic (exact) mass is 279 g/mol. The van der Waals surface area contributed by atoms with Crippen molar-refractivity contribution >= 4 is 27.4 Å². The Morgan fingerprint density at radius 1 is 1.58 bits per heavy atom. The van der Waals surface area contributed by atoms with Crippen molar-refractivity contribution in [3.05, 3.63) is 27.0 Å². The van der Waals surface area contributed by atoms with E-state index in [4.69, 9.17) is 9.47 Å². The molecule has 0 saturated heterocycles. The van der Waals surface area contributed by atoms with Gasteiger partial charge in [-0.1, -0.05) is 0 Å². The molecule has 19 heavy (non-hydrogen) atoms. The third-order valence-electron chi connectivity index (χ3n) is 3.11. The first-order valence-corrected chi connectivity index (χ1v) is 7.06. The SMILES string of the molecule is CCOC(=O)c1[nH]c(=O)c2scc3c2c1CCCO3. The second-order valence-corrected chi connectivity index (χ2v) is 5.16. The van der Waals surface area contributed by atoms with Crippen LogP contribution in [-0.4, -0.2) is 24.2 Å². The summed E-state index contributed by atoms with van der Waals surface area (Å²) in [5.41, 5.74) is 0.842. The summed E-state index contributed by atoms with van der Waals surface area (Å²) in [4.78, 5) is 26.6. The van der Waals surface area contributed by atoms with E-state index >= 15 is 0 Å². The molecule has 0 saturated carbocycles. The standard InChI is InChI=1S/C13H13NO4S/c1-2-17-13(16)10-7-4-3-5-18-8-6-19-11(9(7)8)12(15)14-10/h6H,2-5H2,1H3,(H,14,15). The number of ether oxygens (including phenoxy) is 2. The van der Waals surface area contributed by atoms with Gasteiger partial charge in [-0.2, -0.15) is 0 Å². The molecule has 0 aliphatic carbocycles. The third kappa shape index (κ3) is 1.92. The molecule has 100 valence electrons. The van der Waals surface area contributed by atoms with Gasteiger partial charge in [0.15, 0.2) is 0 Å². The van der Waals surface area contributed by atoms with Crippen LogP contribution < -0.4 is 10.3 Å². The molecule has 0 atom stereocenters. The number of hydrogen-bond acceptors (Lipinski definition) is 5. The van der Waals surface area contributed by atoms with Crippen molar-refractivity contribution in [1.29, 1.82) is 0 Å². The topological polar surface area (TPSA) is 68.4 Å². The Kier molecular flexibility index (Phi) is 3.02. The summed E-state index contributed by atoms with van der Waals surface area (Å²) in [6.45, 7) is 2.62. The molecular weight excluding hydrogens is 266 g/mol. The van der Waals surface area contributed by atoms with Gasteiger partial charge in [-0.15, -0.1) is 11.3 Å². The molecule has 3 rings (SSSR count). The van der Waals surface area contributed by atoms with Crippen molar-refractivity contribution in [2.45, 2.75) is 19.8 Å². The van der Waals surface area contributed by atoms with Gasteiger partial charge in [0.2, 0.25) is 0 Å². The number of aryl methyl sites for hydroxylation is 1. The number of esters is 1. The summed E-state index contributed by atoms with van der Waals surface area (Å²) in [5, 5.41) is 2.60. The average Bonchev–Trinajstić information content (AvgIpc) is 2.70. The molecule has 0 radical (unpaired) electrons. The minimum absolute atomic E-state index is 0.261. The molecule has 0 unspecified atom stereocenters. The molecule has 0 spiro atoms. The average molecular weight is 279 g/mol. The van der Waals surface area contributed by atoms with E-state index in [2.05, 4.69) is 4.98 Å². The van der Waals surface area contributed by atoms with Gasteiger partial charge < -0.3 is 14.5 Å². The minimum atomic E-state index is -0.476. The molecule has 0 amide bonds. The largest absolute Gasteiger partial charge is 0.492 e. The zero-order valence-corrected chi connectivity index (χ0v) is 11.3. The van der Waals surface area contributed by atoms with Crippen LogP contribution in [0.1, 0.15) is 29.4 Å². The van der Waals surface area contributed by atoms with Gasteiger partial charge >= 0.3 is 5.97 Å². The minimum Gasteiger partial charge on any atom is -0.492 e. The fraction of sp³-hybridized carbons (Fsp3) is 0.385. The van der Waals surface area contributed by atoms with Crippen molar-refractivity contribution in [3.8, 4) is 5.75 Å². The Morgan fingerprint density at radius 2 is 2.42 bits per heavy atom. The van der Waals surface area contributed by atoms with E-state index in [9.17, 15) is 9.59 Å². The maximum absolute atomic E-state index is 12.0. The predicted molar refractivity (Wildman–Crippen MR) is 72.2 cm³/mol. The quantitative estimate of drug-likeness (QED) is 0.855. The maximum atomic E-state index is 12.0. The van der Waals surface area contributed by atoms with Crippen molar-refractivity contribution in [2.75, 3.05) is 13.2 Å². The molecule has 1 N–H and O–H groups in total. The van der Waals surface area contributed by atoms with Gasteiger partial charge in [-0.05, 0) is 25.3 Å². The molecule has 0 aromatic carbocycles. The van der Waals surface area contributed by atoms with Crippen LogP contribution in [0.25, 0.3) is 10.1 Å². The van der Waals surface area contributed by atoms with E-state index in [0.29, 0.717) is 23.5 Å². The third-order valence-corrected chi connectivity index (χ3v) is 4.07. The van der Waals surface area contributed by atoms with Crippen LogP contribution in [0.5, 0.6) is 5.75 Å². The summed E-state index contributed by atoms with van der Waals surface area (Å²) in [6.07, 6.45) is 1.51.